The van der Waals surface area contributed by atoms with Gasteiger partial charge in [-0.25, -0.2) is 4.98 Å². The maximum atomic E-state index is 12.6. The zero-order valence-electron chi connectivity index (χ0n) is 14.1. The van der Waals surface area contributed by atoms with Crippen molar-refractivity contribution in [3.8, 4) is 0 Å². The van der Waals surface area contributed by atoms with E-state index in [2.05, 4.69) is 15.5 Å². The zero-order valence-corrected chi connectivity index (χ0v) is 14.9. The van der Waals surface area contributed by atoms with Gasteiger partial charge in [-0.05, 0) is 38.8 Å². The van der Waals surface area contributed by atoms with Crippen LogP contribution >= 0.6 is 11.3 Å². The van der Waals surface area contributed by atoms with Crippen LogP contribution < -0.4 is 15.5 Å². The van der Waals surface area contributed by atoms with Gasteiger partial charge in [0.05, 0.1) is 18.9 Å². The van der Waals surface area contributed by atoms with Crippen LogP contribution in [0.25, 0.3) is 0 Å². The van der Waals surface area contributed by atoms with Crippen LogP contribution in [-0.2, 0) is 22.4 Å². The van der Waals surface area contributed by atoms with Crippen molar-refractivity contribution in [1.29, 1.82) is 0 Å². The van der Waals surface area contributed by atoms with Crippen LogP contribution in [0.15, 0.2) is 0 Å². The molecule has 2 N–H and O–H groups in total. The first kappa shape index (κ1) is 16.3. The first-order valence-electron chi connectivity index (χ1n) is 9.12. The molecule has 0 spiro atoms. The van der Waals surface area contributed by atoms with Gasteiger partial charge in [-0.15, -0.1) is 11.3 Å². The monoisotopic (exact) mass is 350 g/mol. The number of aryl methyl sites for hydroxylation is 1. The number of anilines is 1. The van der Waals surface area contributed by atoms with Crippen molar-refractivity contribution in [1.82, 2.24) is 15.6 Å². The summed E-state index contributed by atoms with van der Waals surface area (Å²) in [6, 6.07) is 0.347. The maximum absolute atomic E-state index is 12.6. The largest absolute Gasteiger partial charge is 0.378 e. The lowest BCUT2D eigenvalue weighted by Gasteiger charge is -2.27. The van der Waals surface area contributed by atoms with Gasteiger partial charge in [-0.3, -0.25) is 4.79 Å². The summed E-state index contributed by atoms with van der Waals surface area (Å²) in [7, 11) is 0. The Balaban J connectivity index is 1.38. The second kappa shape index (κ2) is 7.37. The van der Waals surface area contributed by atoms with E-state index in [4.69, 9.17) is 9.72 Å². The molecule has 3 heterocycles. The maximum Gasteiger partial charge on any atom is 0.223 e. The molecule has 4 rings (SSSR count). The van der Waals surface area contributed by atoms with Crippen LogP contribution in [0, 0.1) is 5.92 Å². The predicted molar refractivity (Wildman–Crippen MR) is 94.7 cm³/mol. The van der Waals surface area contributed by atoms with Gasteiger partial charge in [0, 0.05) is 36.3 Å². The Hall–Kier alpha value is -1.18. The van der Waals surface area contributed by atoms with Crippen molar-refractivity contribution < 1.29 is 9.53 Å². The summed E-state index contributed by atoms with van der Waals surface area (Å²) in [6.07, 6.45) is 4.83. The van der Waals surface area contributed by atoms with Crippen LogP contribution in [0.2, 0.25) is 0 Å². The molecular weight excluding hydrogens is 324 g/mol. The summed E-state index contributed by atoms with van der Waals surface area (Å²) in [5, 5.41) is 7.71. The van der Waals surface area contributed by atoms with E-state index in [1.807, 2.05) is 11.3 Å². The molecule has 1 atom stereocenters. The number of piperidine rings is 1. The summed E-state index contributed by atoms with van der Waals surface area (Å²) >= 11 is 1.81. The minimum atomic E-state index is 0.0898. The smallest absolute Gasteiger partial charge is 0.223 e. The van der Waals surface area contributed by atoms with Crippen LogP contribution in [0.3, 0.4) is 0 Å². The molecule has 132 valence electrons. The Labute approximate surface area is 147 Å². The van der Waals surface area contributed by atoms with E-state index >= 15 is 0 Å². The number of fused-ring (bicyclic) bond motifs is 1. The van der Waals surface area contributed by atoms with E-state index in [1.54, 1.807) is 0 Å². The fourth-order valence-electron chi connectivity index (χ4n) is 3.76. The van der Waals surface area contributed by atoms with E-state index in [0.29, 0.717) is 6.04 Å². The second-order valence-corrected chi connectivity index (χ2v) is 8.00. The molecule has 1 amide bonds. The van der Waals surface area contributed by atoms with Crippen LogP contribution in [0.5, 0.6) is 0 Å². The van der Waals surface area contributed by atoms with Gasteiger partial charge < -0.3 is 20.3 Å². The second-order valence-electron chi connectivity index (χ2n) is 6.94. The number of thiazole rings is 1. The highest BCUT2D eigenvalue weighted by atomic mass is 32.1. The Morgan fingerprint density at radius 1 is 1.25 bits per heavy atom. The Bertz CT molecular complexity index is 579. The molecule has 2 aliphatic heterocycles. The van der Waals surface area contributed by atoms with Gasteiger partial charge in [0.15, 0.2) is 5.13 Å². The lowest BCUT2D eigenvalue weighted by molar-refractivity contribution is -0.126. The Kier molecular flexibility index (Phi) is 5.01. The molecule has 24 heavy (non-hydrogen) atoms. The normalized spacial score (nSPS) is 25.3. The van der Waals surface area contributed by atoms with Crippen molar-refractivity contribution in [2.75, 3.05) is 44.3 Å². The molecule has 3 aliphatic rings. The summed E-state index contributed by atoms with van der Waals surface area (Å²) in [4.78, 5) is 21.1. The summed E-state index contributed by atoms with van der Waals surface area (Å²) in [6.45, 7) is 5.43. The van der Waals surface area contributed by atoms with Crippen LogP contribution in [-0.4, -0.2) is 56.3 Å². The molecule has 0 saturated carbocycles. The molecule has 1 aromatic heterocycles. The predicted octanol–water partition coefficient (Wildman–Crippen LogP) is 0.953. The summed E-state index contributed by atoms with van der Waals surface area (Å²) < 4.78 is 5.42. The van der Waals surface area contributed by atoms with Crippen molar-refractivity contribution in [3.05, 3.63) is 10.6 Å². The van der Waals surface area contributed by atoms with Gasteiger partial charge in [0.2, 0.25) is 5.91 Å². The van der Waals surface area contributed by atoms with Gasteiger partial charge in [-0.2, -0.15) is 0 Å². The van der Waals surface area contributed by atoms with Gasteiger partial charge in [-0.1, -0.05) is 0 Å². The number of carbonyl (C=O) groups is 1. The highest BCUT2D eigenvalue weighted by Gasteiger charge is 2.30. The van der Waals surface area contributed by atoms with E-state index in [-0.39, 0.29) is 11.8 Å². The standard InChI is InChI=1S/C17H26N4O2S/c22-16(19-13-3-5-18-6-4-13)12-1-2-15-14(11-12)20-17(24-15)21-7-9-23-10-8-21/h12-13,18H,1-11H2,(H,19,22). The highest BCUT2D eigenvalue weighted by molar-refractivity contribution is 7.15. The third-order valence-electron chi connectivity index (χ3n) is 5.26. The fraction of sp³-hybridized carbons (Fsp3) is 0.765. The average Bonchev–Trinajstić information content (AvgIpc) is 3.06. The highest BCUT2D eigenvalue weighted by Crippen LogP contribution is 2.34. The number of rotatable bonds is 3. The van der Waals surface area contributed by atoms with Crippen molar-refractivity contribution in [3.63, 3.8) is 0 Å². The molecular formula is C17H26N4O2S. The number of carbonyl (C=O) groups excluding carboxylic acids is 1. The number of hydrogen-bond acceptors (Lipinski definition) is 6. The average molecular weight is 350 g/mol. The van der Waals surface area contributed by atoms with Gasteiger partial charge >= 0.3 is 0 Å². The quantitative estimate of drug-likeness (QED) is 0.850. The molecule has 1 aliphatic carbocycles. The Morgan fingerprint density at radius 2 is 2.04 bits per heavy atom. The van der Waals surface area contributed by atoms with E-state index in [1.165, 1.54) is 4.88 Å². The number of hydrogen-bond donors (Lipinski definition) is 2. The fourth-order valence-corrected chi connectivity index (χ4v) is 4.92. The molecule has 7 heteroatoms. The summed E-state index contributed by atoms with van der Waals surface area (Å²) in [5.74, 6) is 0.320. The van der Waals surface area contributed by atoms with E-state index in [9.17, 15) is 4.79 Å². The lowest BCUT2D eigenvalue weighted by atomic mass is 9.89. The molecule has 0 radical (unpaired) electrons. The third-order valence-corrected chi connectivity index (χ3v) is 6.48. The van der Waals surface area contributed by atoms with E-state index < -0.39 is 0 Å². The van der Waals surface area contributed by atoms with Crippen LogP contribution in [0.1, 0.15) is 29.8 Å². The minimum Gasteiger partial charge on any atom is -0.378 e. The molecule has 1 unspecified atom stereocenters. The van der Waals surface area contributed by atoms with Crippen molar-refractivity contribution in [2.24, 2.45) is 5.92 Å². The molecule has 2 saturated heterocycles. The topological polar surface area (TPSA) is 66.5 Å². The molecule has 1 aromatic rings. The number of ether oxygens (including phenoxy) is 1. The van der Waals surface area contributed by atoms with E-state index in [0.717, 1.165) is 82.3 Å². The van der Waals surface area contributed by atoms with Crippen LogP contribution in [0.4, 0.5) is 5.13 Å². The Morgan fingerprint density at radius 3 is 2.83 bits per heavy atom. The van der Waals surface area contributed by atoms with Crippen molar-refractivity contribution in [2.45, 2.75) is 38.1 Å². The van der Waals surface area contributed by atoms with Crippen molar-refractivity contribution >= 4 is 22.4 Å². The number of nitrogens with zero attached hydrogens (tertiary/aromatic N) is 2. The summed E-state index contributed by atoms with van der Waals surface area (Å²) in [5.41, 5.74) is 1.15. The van der Waals surface area contributed by atoms with Gasteiger partial charge in [0.1, 0.15) is 0 Å². The number of morpholine rings is 1. The number of nitrogens with one attached hydrogen (secondary N) is 2. The molecule has 6 nitrogen and oxygen atoms in total. The number of aromatic nitrogens is 1. The first-order valence-corrected chi connectivity index (χ1v) is 9.93. The van der Waals surface area contributed by atoms with Gasteiger partial charge in [0.25, 0.3) is 0 Å². The molecule has 0 bridgehead atoms. The third kappa shape index (κ3) is 3.58. The molecule has 0 aromatic carbocycles. The first-order chi connectivity index (χ1) is 11.8. The lowest BCUT2D eigenvalue weighted by Crippen LogP contribution is -2.45. The molecule has 2 fully saturated rings. The zero-order chi connectivity index (χ0) is 16.4. The minimum absolute atomic E-state index is 0.0898. The SMILES string of the molecule is O=C(NC1CCNCC1)C1CCc2sc(N3CCOCC3)nc2C1. The number of amides is 1.